The molecular formula is C10H19ClO. The summed E-state index contributed by atoms with van der Waals surface area (Å²) in [7, 11) is 0. The molecule has 1 aliphatic rings. The molecule has 1 heterocycles. The normalized spacial score (nSPS) is 23.2. The Morgan fingerprint density at radius 1 is 1.17 bits per heavy atom. The standard InChI is InChI=1S/C10H19ClO/c11-8-4-2-1-3-6-10-7-5-9-12-10/h10H,1-9H2. The van der Waals surface area contributed by atoms with Crippen molar-refractivity contribution in [2.45, 2.75) is 51.0 Å². The first kappa shape index (κ1) is 10.3. The molecule has 0 saturated carbocycles. The number of alkyl halides is 1. The van der Waals surface area contributed by atoms with Crippen molar-refractivity contribution in [2.75, 3.05) is 12.5 Å². The molecule has 0 aliphatic carbocycles. The topological polar surface area (TPSA) is 9.23 Å². The van der Waals surface area contributed by atoms with Gasteiger partial charge in [0.15, 0.2) is 0 Å². The zero-order valence-electron chi connectivity index (χ0n) is 7.73. The van der Waals surface area contributed by atoms with Crippen molar-refractivity contribution >= 4 is 11.6 Å². The van der Waals surface area contributed by atoms with Crippen LogP contribution in [0.4, 0.5) is 0 Å². The number of unbranched alkanes of at least 4 members (excludes halogenated alkanes) is 3. The van der Waals surface area contributed by atoms with Crippen LogP contribution in [0.5, 0.6) is 0 Å². The van der Waals surface area contributed by atoms with E-state index in [2.05, 4.69) is 0 Å². The third-order valence-corrected chi connectivity index (χ3v) is 2.70. The summed E-state index contributed by atoms with van der Waals surface area (Å²) in [5.74, 6) is 0.819. The number of rotatable bonds is 6. The predicted octanol–water partition coefficient (Wildman–Crippen LogP) is 3.35. The Kier molecular flexibility index (Phi) is 5.80. The Bertz CT molecular complexity index is 100. The Balaban J connectivity index is 1.81. The van der Waals surface area contributed by atoms with Gasteiger partial charge >= 0.3 is 0 Å². The molecule has 1 aliphatic heterocycles. The fourth-order valence-corrected chi connectivity index (χ4v) is 1.88. The van der Waals surface area contributed by atoms with Gasteiger partial charge in [0.25, 0.3) is 0 Å². The summed E-state index contributed by atoms with van der Waals surface area (Å²) in [4.78, 5) is 0. The molecule has 72 valence electrons. The first-order valence-corrected chi connectivity index (χ1v) is 5.64. The Morgan fingerprint density at radius 3 is 2.67 bits per heavy atom. The van der Waals surface area contributed by atoms with E-state index in [-0.39, 0.29) is 0 Å². The maximum absolute atomic E-state index is 5.58. The van der Waals surface area contributed by atoms with E-state index in [1.54, 1.807) is 0 Å². The van der Waals surface area contributed by atoms with Crippen LogP contribution in [0.1, 0.15) is 44.9 Å². The zero-order chi connectivity index (χ0) is 8.65. The minimum absolute atomic E-state index is 0.584. The van der Waals surface area contributed by atoms with E-state index in [4.69, 9.17) is 16.3 Å². The van der Waals surface area contributed by atoms with Crippen LogP contribution >= 0.6 is 11.6 Å². The molecule has 2 heteroatoms. The molecule has 0 aromatic carbocycles. The zero-order valence-corrected chi connectivity index (χ0v) is 8.48. The Hall–Kier alpha value is 0.250. The van der Waals surface area contributed by atoms with E-state index >= 15 is 0 Å². The lowest BCUT2D eigenvalue weighted by Gasteiger charge is -2.07. The second-order valence-electron chi connectivity index (χ2n) is 3.53. The molecule has 0 bridgehead atoms. The van der Waals surface area contributed by atoms with Crippen LogP contribution in [0.2, 0.25) is 0 Å². The van der Waals surface area contributed by atoms with Gasteiger partial charge < -0.3 is 4.74 Å². The Labute approximate surface area is 80.4 Å². The van der Waals surface area contributed by atoms with Gasteiger partial charge in [-0.25, -0.2) is 0 Å². The summed E-state index contributed by atoms with van der Waals surface area (Å²) in [5.41, 5.74) is 0. The fourth-order valence-electron chi connectivity index (χ4n) is 1.69. The summed E-state index contributed by atoms with van der Waals surface area (Å²) in [6.07, 6.45) is 9.52. The average Bonchev–Trinajstić information content (AvgIpc) is 2.57. The van der Waals surface area contributed by atoms with Gasteiger partial charge in [0.05, 0.1) is 6.10 Å². The molecule has 0 aromatic heterocycles. The smallest absolute Gasteiger partial charge is 0.0576 e. The Morgan fingerprint density at radius 2 is 2.00 bits per heavy atom. The number of ether oxygens (including phenoxy) is 1. The largest absolute Gasteiger partial charge is 0.378 e. The van der Waals surface area contributed by atoms with Crippen molar-refractivity contribution in [1.82, 2.24) is 0 Å². The van der Waals surface area contributed by atoms with Gasteiger partial charge in [-0.1, -0.05) is 19.3 Å². The second kappa shape index (κ2) is 6.73. The minimum atomic E-state index is 0.584. The monoisotopic (exact) mass is 190 g/mol. The summed E-state index contributed by atoms with van der Waals surface area (Å²) in [6.45, 7) is 0.992. The lowest BCUT2D eigenvalue weighted by atomic mass is 10.1. The third kappa shape index (κ3) is 4.32. The van der Waals surface area contributed by atoms with Gasteiger partial charge in [-0.2, -0.15) is 0 Å². The van der Waals surface area contributed by atoms with Crippen LogP contribution in [-0.2, 0) is 4.74 Å². The molecule has 1 unspecified atom stereocenters. The molecule has 1 rings (SSSR count). The first-order chi connectivity index (χ1) is 5.93. The fraction of sp³-hybridized carbons (Fsp3) is 1.00. The van der Waals surface area contributed by atoms with E-state index in [9.17, 15) is 0 Å². The number of hydrogen-bond acceptors (Lipinski definition) is 1. The lowest BCUT2D eigenvalue weighted by molar-refractivity contribution is 0.102. The van der Waals surface area contributed by atoms with Gasteiger partial charge in [0.1, 0.15) is 0 Å². The van der Waals surface area contributed by atoms with E-state index in [1.165, 1.54) is 44.9 Å². The van der Waals surface area contributed by atoms with Crippen LogP contribution < -0.4 is 0 Å². The highest BCUT2D eigenvalue weighted by atomic mass is 35.5. The third-order valence-electron chi connectivity index (χ3n) is 2.43. The molecule has 1 nitrogen and oxygen atoms in total. The first-order valence-electron chi connectivity index (χ1n) is 5.11. The van der Waals surface area contributed by atoms with E-state index in [0.29, 0.717) is 6.10 Å². The SMILES string of the molecule is ClCCCCCCC1CCCO1. The van der Waals surface area contributed by atoms with Crippen LogP contribution in [0, 0.1) is 0 Å². The molecular weight excluding hydrogens is 172 g/mol. The molecule has 0 amide bonds. The summed E-state index contributed by atoms with van der Waals surface area (Å²) < 4.78 is 5.53. The number of hydrogen-bond donors (Lipinski definition) is 0. The van der Waals surface area contributed by atoms with Crippen LogP contribution in [-0.4, -0.2) is 18.6 Å². The van der Waals surface area contributed by atoms with Crippen molar-refractivity contribution in [3.05, 3.63) is 0 Å². The van der Waals surface area contributed by atoms with E-state index in [1.807, 2.05) is 0 Å². The molecule has 0 aromatic rings. The van der Waals surface area contributed by atoms with Crippen molar-refractivity contribution in [3.63, 3.8) is 0 Å². The van der Waals surface area contributed by atoms with Crippen molar-refractivity contribution in [1.29, 1.82) is 0 Å². The number of halogens is 1. The summed E-state index contributed by atoms with van der Waals surface area (Å²) >= 11 is 5.58. The van der Waals surface area contributed by atoms with Crippen LogP contribution in [0.15, 0.2) is 0 Å². The highest BCUT2D eigenvalue weighted by Gasteiger charge is 2.13. The molecule has 0 radical (unpaired) electrons. The van der Waals surface area contributed by atoms with E-state index in [0.717, 1.165) is 12.5 Å². The van der Waals surface area contributed by atoms with Crippen molar-refractivity contribution < 1.29 is 4.74 Å². The van der Waals surface area contributed by atoms with Gasteiger partial charge in [-0.05, 0) is 25.7 Å². The van der Waals surface area contributed by atoms with Crippen molar-refractivity contribution in [3.8, 4) is 0 Å². The molecule has 1 saturated heterocycles. The predicted molar refractivity (Wildman–Crippen MR) is 52.8 cm³/mol. The molecule has 0 spiro atoms. The average molecular weight is 191 g/mol. The highest BCUT2D eigenvalue weighted by molar-refractivity contribution is 6.17. The van der Waals surface area contributed by atoms with Gasteiger partial charge in [0, 0.05) is 12.5 Å². The quantitative estimate of drug-likeness (QED) is 0.461. The molecule has 1 atom stereocenters. The molecule has 1 fully saturated rings. The van der Waals surface area contributed by atoms with E-state index < -0.39 is 0 Å². The van der Waals surface area contributed by atoms with Crippen molar-refractivity contribution in [2.24, 2.45) is 0 Å². The summed E-state index contributed by atoms with van der Waals surface area (Å²) in [5, 5.41) is 0. The van der Waals surface area contributed by atoms with Gasteiger partial charge in [0.2, 0.25) is 0 Å². The molecule has 12 heavy (non-hydrogen) atoms. The van der Waals surface area contributed by atoms with Gasteiger partial charge in [-0.3, -0.25) is 0 Å². The van der Waals surface area contributed by atoms with Crippen LogP contribution in [0.3, 0.4) is 0 Å². The maximum Gasteiger partial charge on any atom is 0.0576 e. The maximum atomic E-state index is 5.58. The lowest BCUT2D eigenvalue weighted by Crippen LogP contribution is -2.03. The second-order valence-corrected chi connectivity index (χ2v) is 3.90. The molecule has 0 N–H and O–H groups in total. The minimum Gasteiger partial charge on any atom is -0.378 e. The van der Waals surface area contributed by atoms with Gasteiger partial charge in [-0.15, -0.1) is 11.6 Å². The summed E-state index contributed by atoms with van der Waals surface area (Å²) in [6, 6.07) is 0. The highest BCUT2D eigenvalue weighted by Crippen LogP contribution is 2.18. The van der Waals surface area contributed by atoms with Crippen LogP contribution in [0.25, 0.3) is 0 Å².